The molecule has 8 heteroatoms. The number of hydrogen-bond acceptors (Lipinski definition) is 5. The normalized spacial score (nSPS) is 18.0. The van der Waals surface area contributed by atoms with Crippen LogP contribution in [0, 0.1) is 0 Å². The molecule has 0 spiro atoms. The van der Waals surface area contributed by atoms with Gasteiger partial charge in [0.2, 0.25) is 0 Å². The van der Waals surface area contributed by atoms with E-state index in [1.807, 2.05) is 18.2 Å². The molecule has 1 heterocycles. The Morgan fingerprint density at radius 3 is 2.33 bits per heavy atom. The van der Waals surface area contributed by atoms with E-state index in [0.717, 1.165) is 63.4 Å². The maximum Gasteiger partial charge on any atom is 0.120 e. The highest BCUT2D eigenvalue weighted by Crippen LogP contribution is 2.40. The monoisotopic (exact) mass is 517 g/mol. The van der Waals surface area contributed by atoms with Crippen molar-refractivity contribution in [2.45, 2.75) is 44.3 Å². The third kappa shape index (κ3) is 7.38. The summed E-state index contributed by atoms with van der Waals surface area (Å²) < 4.78 is 5.47. The maximum absolute atomic E-state index is 10.4. The zero-order valence-electron chi connectivity index (χ0n) is 19.6. The molecule has 0 atom stereocenters. The molecule has 1 aliphatic carbocycles. The van der Waals surface area contributed by atoms with Gasteiger partial charge in [0.05, 0.1) is 7.11 Å². The van der Waals surface area contributed by atoms with Gasteiger partial charge in [0.1, 0.15) is 11.5 Å². The van der Waals surface area contributed by atoms with E-state index in [9.17, 15) is 5.11 Å². The molecule has 4 rings (SSSR count). The van der Waals surface area contributed by atoms with Gasteiger partial charge in [-0.3, -0.25) is 4.90 Å². The molecule has 2 fully saturated rings. The highest BCUT2D eigenvalue weighted by molar-refractivity contribution is 5.86. The first kappa shape index (κ1) is 29.8. The third-order valence-corrected chi connectivity index (χ3v) is 6.84. The molecule has 0 radical (unpaired) electrons. The van der Waals surface area contributed by atoms with E-state index in [2.05, 4.69) is 46.4 Å². The van der Waals surface area contributed by atoms with Gasteiger partial charge in [-0.2, -0.15) is 0 Å². The Morgan fingerprint density at radius 1 is 0.970 bits per heavy atom. The number of nitrogens with zero attached hydrogens (tertiary/aromatic N) is 2. The fourth-order valence-electron chi connectivity index (χ4n) is 4.86. The number of piperazine rings is 1. The van der Waals surface area contributed by atoms with Gasteiger partial charge in [0, 0.05) is 50.4 Å². The number of likely N-dealkylation sites (N-methyl/N-ethyl adjacent to an activating group) is 1. The molecule has 0 aromatic heterocycles. The van der Waals surface area contributed by atoms with Gasteiger partial charge in [-0.05, 0) is 55.3 Å². The molecule has 2 aliphatic rings. The minimum absolute atomic E-state index is 0. The van der Waals surface area contributed by atoms with Crippen molar-refractivity contribution in [1.82, 2.24) is 15.1 Å². The third-order valence-electron chi connectivity index (χ3n) is 6.84. The van der Waals surface area contributed by atoms with Gasteiger partial charge in [-0.1, -0.05) is 31.0 Å². The van der Waals surface area contributed by atoms with Crippen LogP contribution in [0.1, 0.15) is 42.4 Å². The van der Waals surface area contributed by atoms with Crippen LogP contribution in [-0.2, 0) is 18.6 Å². The predicted octanol–water partition coefficient (Wildman–Crippen LogP) is 4.97. The number of halogens is 3. The van der Waals surface area contributed by atoms with Crippen LogP contribution in [0.15, 0.2) is 42.5 Å². The summed E-state index contributed by atoms with van der Waals surface area (Å²) in [6, 6.07) is 14.6. The average Bonchev–Trinajstić information content (AvgIpc) is 3.26. The van der Waals surface area contributed by atoms with Crippen molar-refractivity contribution in [2.75, 3.05) is 40.3 Å². The average molecular weight is 519 g/mol. The summed E-state index contributed by atoms with van der Waals surface area (Å²) in [7, 11) is 3.90. The lowest BCUT2D eigenvalue weighted by Crippen LogP contribution is -2.43. The van der Waals surface area contributed by atoms with E-state index < -0.39 is 0 Å². The van der Waals surface area contributed by atoms with Crippen LogP contribution < -0.4 is 10.1 Å². The molecule has 0 amide bonds. The van der Waals surface area contributed by atoms with E-state index >= 15 is 0 Å². The fraction of sp³-hybridized carbons (Fsp3) is 0.520. The van der Waals surface area contributed by atoms with E-state index in [1.54, 1.807) is 7.11 Å². The topological polar surface area (TPSA) is 48.0 Å². The molecule has 2 N–H and O–H groups in total. The van der Waals surface area contributed by atoms with Crippen molar-refractivity contribution in [3.8, 4) is 11.5 Å². The summed E-state index contributed by atoms with van der Waals surface area (Å²) in [6.07, 6.45) is 4.78. The summed E-state index contributed by atoms with van der Waals surface area (Å²) >= 11 is 0. The summed E-state index contributed by atoms with van der Waals surface area (Å²) in [5.41, 5.74) is 3.58. The second-order valence-corrected chi connectivity index (χ2v) is 8.92. The number of ether oxygens (including phenoxy) is 1. The number of aromatic hydroxyl groups is 1. The quantitative estimate of drug-likeness (QED) is 0.542. The van der Waals surface area contributed by atoms with Crippen molar-refractivity contribution in [3.05, 3.63) is 59.2 Å². The molecular formula is C25H38Cl3N3O2. The lowest BCUT2D eigenvalue weighted by atomic mass is 9.87. The number of hydrogen-bond donors (Lipinski definition) is 2. The molecule has 1 aliphatic heterocycles. The highest BCUT2D eigenvalue weighted by Gasteiger charge is 2.35. The van der Waals surface area contributed by atoms with Crippen molar-refractivity contribution >= 4 is 37.2 Å². The van der Waals surface area contributed by atoms with Gasteiger partial charge < -0.3 is 20.1 Å². The Kier molecular flexibility index (Phi) is 12.3. The summed E-state index contributed by atoms with van der Waals surface area (Å²) in [4.78, 5) is 4.79. The Morgan fingerprint density at radius 2 is 1.67 bits per heavy atom. The first-order valence-corrected chi connectivity index (χ1v) is 11.2. The van der Waals surface area contributed by atoms with Crippen molar-refractivity contribution in [2.24, 2.45) is 0 Å². The molecule has 5 nitrogen and oxygen atoms in total. The largest absolute Gasteiger partial charge is 0.508 e. The van der Waals surface area contributed by atoms with Crippen molar-refractivity contribution in [1.29, 1.82) is 0 Å². The Balaban J connectivity index is 0.00000181. The molecule has 33 heavy (non-hydrogen) atoms. The van der Waals surface area contributed by atoms with Crippen molar-refractivity contribution < 1.29 is 9.84 Å². The molecule has 2 aromatic rings. The number of phenolic OH excluding ortho intramolecular Hbond substituents is 1. The summed E-state index contributed by atoms with van der Waals surface area (Å²) in [6.45, 7) is 5.90. The molecule has 1 saturated carbocycles. The van der Waals surface area contributed by atoms with Gasteiger partial charge in [-0.15, -0.1) is 37.2 Å². The van der Waals surface area contributed by atoms with E-state index in [0.29, 0.717) is 5.75 Å². The highest BCUT2D eigenvalue weighted by atomic mass is 35.5. The van der Waals surface area contributed by atoms with Crippen LogP contribution >= 0.6 is 37.2 Å². The molecule has 0 unspecified atom stereocenters. The van der Waals surface area contributed by atoms with E-state index in [1.165, 1.54) is 24.0 Å². The van der Waals surface area contributed by atoms with Crippen LogP contribution in [-0.4, -0.2) is 55.2 Å². The van der Waals surface area contributed by atoms with Crippen LogP contribution in [0.5, 0.6) is 11.5 Å². The molecule has 186 valence electrons. The smallest absolute Gasteiger partial charge is 0.120 e. The number of benzene rings is 2. The lowest BCUT2D eigenvalue weighted by Gasteiger charge is -2.33. The minimum atomic E-state index is 0. The molecular weight excluding hydrogens is 481 g/mol. The minimum Gasteiger partial charge on any atom is -0.508 e. The van der Waals surface area contributed by atoms with Gasteiger partial charge in [-0.25, -0.2) is 0 Å². The zero-order chi connectivity index (χ0) is 21.0. The van der Waals surface area contributed by atoms with E-state index in [-0.39, 0.29) is 42.8 Å². The maximum atomic E-state index is 10.4. The number of nitrogens with one attached hydrogen (secondary N) is 1. The standard InChI is InChI=1S/C25H35N3O2.3ClH/c1-27-12-14-28(15-13-27)19-21-16-20(8-9-24(21)29)18-26-25(10-3-4-11-25)22-6-5-7-23(17-22)30-2;;;/h5-9,16-17,26,29H,3-4,10-15,18-19H2,1-2H3;3*1H. The summed E-state index contributed by atoms with van der Waals surface area (Å²) in [5, 5.41) is 14.3. The lowest BCUT2D eigenvalue weighted by molar-refractivity contribution is 0.147. The second-order valence-electron chi connectivity index (χ2n) is 8.92. The zero-order valence-corrected chi connectivity index (χ0v) is 22.0. The Bertz CT molecular complexity index is 855. The van der Waals surface area contributed by atoms with E-state index in [4.69, 9.17) is 4.74 Å². The van der Waals surface area contributed by atoms with Crippen LogP contribution in [0.4, 0.5) is 0 Å². The second kappa shape index (κ2) is 13.6. The van der Waals surface area contributed by atoms with Crippen LogP contribution in [0.3, 0.4) is 0 Å². The Labute approximate surface area is 217 Å². The number of rotatable bonds is 7. The van der Waals surface area contributed by atoms with Crippen LogP contribution in [0.25, 0.3) is 0 Å². The molecule has 1 saturated heterocycles. The predicted molar refractivity (Wildman–Crippen MR) is 143 cm³/mol. The number of methoxy groups -OCH3 is 1. The summed E-state index contributed by atoms with van der Waals surface area (Å²) in [5.74, 6) is 1.32. The van der Waals surface area contributed by atoms with Gasteiger partial charge in [0.25, 0.3) is 0 Å². The van der Waals surface area contributed by atoms with Crippen molar-refractivity contribution in [3.63, 3.8) is 0 Å². The first-order chi connectivity index (χ1) is 14.6. The Hall–Kier alpha value is -1.21. The van der Waals surface area contributed by atoms with Gasteiger partial charge in [0.15, 0.2) is 0 Å². The van der Waals surface area contributed by atoms with Crippen LogP contribution in [0.2, 0.25) is 0 Å². The fourth-order valence-corrected chi connectivity index (χ4v) is 4.86. The van der Waals surface area contributed by atoms with Gasteiger partial charge >= 0.3 is 0 Å². The molecule has 2 aromatic carbocycles. The first-order valence-electron chi connectivity index (χ1n) is 11.2. The molecule has 0 bridgehead atoms. The SMILES string of the molecule is COc1cccc(C2(NCc3ccc(O)c(CN4CCN(C)CC4)c3)CCCC2)c1.Cl.Cl.Cl. The number of phenols is 1.